The molecule has 0 aliphatic heterocycles. The van der Waals surface area contributed by atoms with Gasteiger partial charge in [0.05, 0.1) is 11.7 Å². The second-order valence-corrected chi connectivity index (χ2v) is 7.12. The van der Waals surface area contributed by atoms with E-state index in [4.69, 9.17) is 0 Å². The van der Waals surface area contributed by atoms with Gasteiger partial charge in [0, 0.05) is 17.7 Å². The smallest absolute Gasteiger partial charge is 0.254 e. The lowest BCUT2D eigenvalue weighted by Gasteiger charge is -2.31. The van der Waals surface area contributed by atoms with Gasteiger partial charge in [-0.3, -0.25) is 0 Å². The Morgan fingerprint density at radius 3 is 2.32 bits per heavy atom. The molecule has 0 saturated carbocycles. The predicted octanol–water partition coefficient (Wildman–Crippen LogP) is 3.89. The number of benzene rings is 2. The van der Waals surface area contributed by atoms with Crippen LogP contribution in [0.15, 0.2) is 73.1 Å². The molecule has 28 heavy (non-hydrogen) atoms. The van der Waals surface area contributed by atoms with Crippen molar-refractivity contribution in [2.45, 2.75) is 19.0 Å². The molecule has 0 aliphatic carbocycles. The number of aromatic nitrogens is 4. The molecule has 0 amide bonds. The number of nitrogens with zero attached hydrogens (tertiary/aromatic N) is 5. The summed E-state index contributed by atoms with van der Waals surface area (Å²) in [6.45, 7) is 2.18. The second-order valence-electron chi connectivity index (χ2n) is 7.12. The molecule has 4 rings (SSSR count). The van der Waals surface area contributed by atoms with E-state index in [0.717, 1.165) is 17.1 Å². The molecule has 0 bridgehead atoms. The van der Waals surface area contributed by atoms with Crippen LogP contribution in [0.4, 0.5) is 5.82 Å². The molecule has 142 valence electrons. The summed E-state index contributed by atoms with van der Waals surface area (Å²) in [7, 11) is 4.20. The Morgan fingerprint density at radius 1 is 0.964 bits per heavy atom. The standard InChI is InChI=1S/C22H24N6/c1-16(21(27(2)3)18-12-8-5-9-13-18)25-20-14-19(17-10-6-4-7-11-17)26-22-23-15-24-28(20)22/h4-16,21,25H,1-3H3/t16-,21-/m0/s1. The highest BCUT2D eigenvalue weighted by Crippen LogP contribution is 2.26. The van der Waals surface area contributed by atoms with Crippen molar-refractivity contribution in [1.82, 2.24) is 24.5 Å². The van der Waals surface area contributed by atoms with Gasteiger partial charge in [-0.15, -0.1) is 0 Å². The maximum Gasteiger partial charge on any atom is 0.254 e. The predicted molar refractivity (Wildman–Crippen MR) is 112 cm³/mol. The maximum absolute atomic E-state index is 4.65. The molecular weight excluding hydrogens is 348 g/mol. The van der Waals surface area contributed by atoms with Gasteiger partial charge in [-0.25, -0.2) is 4.98 Å². The highest BCUT2D eigenvalue weighted by atomic mass is 15.4. The van der Waals surface area contributed by atoms with Crippen molar-refractivity contribution in [2.75, 3.05) is 19.4 Å². The summed E-state index contributed by atoms with van der Waals surface area (Å²) in [5.41, 5.74) is 3.19. The molecule has 0 unspecified atom stereocenters. The van der Waals surface area contributed by atoms with Gasteiger partial charge in [-0.1, -0.05) is 60.7 Å². The maximum atomic E-state index is 4.65. The Hall–Kier alpha value is -3.25. The first-order valence-electron chi connectivity index (χ1n) is 9.37. The fourth-order valence-corrected chi connectivity index (χ4v) is 3.67. The van der Waals surface area contributed by atoms with E-state index in [-0.39, 0.29) is 12.1 Å². The first-order valence-corrected chi connectivity index (χ1v) is 9.37. The monoisotopic (exact) mass is 372 g/mol. The van der Waals surface area contributed by atoms with Gasteiger partial charge in [-0.05, 0) is 26.6 Å². The number of hydrogen-bond acceptors (Lipinski definition) is 5. The van der Waals surface area contributed by atoms with E-state index >= 15 is 0 Å². The van der Waals surface area contributed by atoms with Gasteiger partial charge in [0.25, 0.3) is 5.78 Å². The molecule has 2 atom stereocenters. The fraction of sp³-hybridized carbons (Fsp3) is 0.227. The number of likely N-dealkylation sites (N-methyl/N-ethyl adjacent to an activating group) is 1. The quantitative estimate of drug-likeness (QED) is 0.556. The molecule has 6 nitrogen and oxygen atoms in total. The normalized spacial score (nSPS) is 13.6. The van der Waals surface area contributed by atoms with Crippen LogP contribution in [-0.2, 0) is 0 Å². The third-order valence-electron chi connectivity index (χ3n) is 4.87. The highest BCUT2D eigenvalue weighted by Gasteiger charge is 2.22. The van der Waals surface area contributed by atoms with Crippen LogP contribution in [0, 0.1) is 0 Å². The molecular formula is C22H24N6. The Balaban J connectivity index is 1.71. The van der Waals surface area contributed by atoms with Crippen LogP contribution in [0.1, 0.15) is 18.5 Å². The van der Waals surface area contributed by atoms with Gasteiger partial charge >= 0.3 is 0 Å². The van der Waals surface area contributed by atoms with Crippen molar-refractivity contribution in [1.29, 1.82) is 0 Å². The van der Waals surface area contributed by atoms with Crippen LogP contribution >= 0.6 is 0 Å². The third kappa shape index (κ3) is 3.59. The molecule has 0 aliphatic rings. The van der Waals surface area contributed by atoms with Crippen LogP contribution in [0.25, 0.3) is 17.0 Å². The van der Waals surface area contributed by atoms with Crippen molar-refractivity contribution in [3.05, 3.63) is 78.6 Å². The zero-order chi connectivity index (χ0) is 19.5. The summed E-state index contributed by atoms with van der Waals surface area (Å²) in [6.07, 6.45) is 1.54. The molecule has 2 heterocycles. The van der Waals surface area contributed by atoms with Gasteiger partial charge in [0.15, 0.2) is 0 Å². The summed E-state index contributed by atoms with van der Waals surface area (Å²) >= 11 is 0. The lowest BCUT2D eigenvalue weighted by molar-refractivity contribution is 0.275. The van der Waals surface area contributed by atoms with E-state index < -0.39 is 0 Å². The van der Waals surface area contributed by atoms with E-state index in [1.54, 1.807) is 4.52 Å². The van der Waals surface area contributed by atoms with Gasteiger partial charge in [0.2, 0.25) is 0 Å². The average molecular weight is 372 g/mol. The third-order valence-corrected chi connectivity index (χ3v) is 4.87. The SMILES string of the molecule is C[C@H](Nc1cc(-c2ccccc2)nc2ncnn12)[C@@H](c1ccccc1)N(C)C. The van der Waals surface area contributed by atoms with Crippen molar-refractivity contribution < 1.29 is 0 Å². The van der Waals surface area contributed by atoms with Crippen LogP contribution in [-0.4, -0.2) is 44.6 Å². The first kappa shape index (κ1) is 18.1. The minimum absolute atomic E-state index is 0.135. The largest absolute Gasteiger partial charge is 0.365 e. The van der Waals surface area contributed by atoms with E-state index in [1.165, 1.54) is 11.9 Å². The summed E-state index contributed by atoms with van der Waals surface area (Å²) in [5, 5.41) is 7.99. The zero-order valence-electron chi connectivity index (χ0n) is 16.3. The summed E-state index contributed by atoms with van der Waals surface area (Å²) in [6, 6.07) is 23.0. The lowest BCUT2D eigenvalue weighted by Crippen LogP contribution is -2.35. The van der Waals surface area contributed by atoms with Crippen molar-refractivity contribution >= 4 is 11.6 Å². The Labute approximate surface area is 164 Å². The fourth-order valence-electron chi connectivity index (χ4n) is 3.67. The topological polar surface area (TPSA) is 58.4 Å². The number of anilines is 1. The van der Waals surface area contributed by atoms with Gasteiger partial charge in [0.1, 0.15) is 12.1 Å². The summed E-state index contributed by atoms with van der Waals surface area (Å²) in [4.78, 5) is 11.2. The number of nitrogens with one attached hydrogen (secondary N) is 1. The highest BCUT2D eigenvalue weighted by molar-refractivity contribution is 5.65. The number of rotatable bonds is 6. The molecule has 0 radical (unpaired) electrons. The summed E-state index contributed by atoms with van der Waals surface area (Å²) in [5.74, 6) is 1.45. The van der Waals surface area contributed by atoms with Gasteiger partial charge < -0.3 is 10.2 Å². The summed E-state index contributed by atoms with van der Waals surface area (Å²) < 4.78 is 1.75. The number of fused-ring (bicyclic) bond motifs is 1. The molecule has 6 heteroatoms. The molecule has 1 N–H and O–H groups in total. The minimum Gasteiger partial charge on any atom is -0.365 e. The lowest BCUT2D eigenvalue weighted by atomic mass is 9.99. The molecule has 2 aromatic carbocycles. The molecule has 0 fully saturated rings. The Bertz CT molecular complexity index is 1040. The average Bonchev–Trinajstić information content (AvgIpc) is 3.18. The van der Waals surface area contributed by atoms with E-state index in [2.05, 4.69) is 82.7 Å². The van der Waals surface area contributed by atoms with E-state index in [0.29, 0.717) is 5.78 Å². The number of hydrogen-bond donors (Lipinski definition) is 1. The van der Waals surface area contributed by atoms with Crippen LogP contribution < -0.4 is 5.32 Å². The molecule has 0 spiro atoms. The Kier molecular flexibility index (Phi) is 5.04. The van der Waals surface area contributed by atoms with Crippen molar-refractivity contribution in [3.63, 3.8) is 0 Å². The first-order chi connectivity index (χ1) is 13.6. The van der Waals surface area contributed by atoms with E-state index in [9.17, 15) is 0 Å². The second kappa shape index (κ2) is 7.78. The van der Waals surface area contributed by atoms with Crippen LogP contribution in [0.3, 0.4) is 0 Å². The van der Waals surface area contributed by atoms with Crippen molar-refractivity contribution in [2.24, 2.45) is 0 Å². The molecule has 0 saturated heterocycles. The van der Waals surface area contributed by atoms with Gasteiger partial charge in [-0.2, -0.15) is 14.6 Å². The minimum atomic E-state index is 0.135. The zero-order valence-corrected chi connectivity index (χ0v) is 16.3. The van der Waals surface area contributed by atoms with E-state index in [1.807, 2.05) is 30.3 Å². The van der Waals surface area contributed by atoms with Crippen molar-refractivity contribution in [3.8, 4) is 11.3 Å². The molecule has 4 aromatic rings. The van der Waals surface area contributed by atoms with Crippen LogP contribution in [0.5, 0.6) is 0 Å². The van der Waals surface area contributed by atoms with Crippen LogP contribution in [0.2, 0.25) is 0 Å². The Morgan fingerprint density at radius 2 is 1.64 bits per heavy atom. The molecule has 2 aromatic heterocycles.